The highest BCUT2D eigenvalue weighted by Gasteiger charge is 2.30. The number of carbonyl (C=O) groups excluding carboxylic acids is 1. The molecule has 1 aliphatic heterocycles. The number of hydrogen-bond donors (Lipinski definition) is 4. The number of aromatic amines is 1. The molecule has 0 aromatic carbocycles. The number of azide groups is 1. The smallest absolute Gasteiger partial charge is 0.219 e. The summed E-state index contributed by atoms with van der Waals surface area (Å²) in [5.74, 6) is 0.833. The maximum atomic E-state index is 11.6. The van der Waals surface area contributed by atoms with Crippen LogP contribution in [-0.4, -0.2) is 34.2 Å². The van der Waals surface area contributed by atoms with Crippen LogP contribution < -0.4 is 5.32 Å². The number of aromatic nitrogens is 1. The lowest BCUT2D eigenvalue weighted by molar-refractivity contribution is -0.121. The summed E-state index contributed by atoms with van der Waals surface area (Å²) in [6.07, 6.45) is 3.65. The fourth-order valence-electron chi connectivity index (χ4n) is 2.64. The van der Waals surface area contributed by atoms with Crippen LogP contribution in [0.1, 0.15) is 48.5 Å². The first-order valence-electron chi connectivity index (χ1n) is 7.65. The third-order valence-electron chi connectivity index (χ3n) is 3.79. The van der Waals surface area contributed by atoms with Gasteiger partial charge in [-0.05, 0) is 24.8 Å². The monoisotopic (exact) mass is 339 g/mol. The lowest BCUT2D eigenvalue weighted by Crippen LogP contribution is -2.24. The van der Waals surface area contributed by atoms with E-state index in [2.05, 4.69) is 20.3 Å². The van der Waals surface area contributed by atoms with E-state index < -0.39 is 0 Å². The van der Waals surface area contributed by atoms with Crippen molar-refractivity contribution in [3.8, 4) is 11.8 Å². The first-order valence-corrected chi connectivity index (χ1v) is 8.70. The van der Waals surface area contributed by atoms with Crippen LogP contribution in [0.4, 0.5) is 0 Å². The molecule has 0 saturated carbocycles. The minimum Gasteiger partial charge on any atom is -0.494 e. The molecule has 1 aliphatic rings. The molecule has 0 radical (unpaired) electrons. The molecule has 0 aliphatic carbocycles. The number of rotatable bonds is 9. The van der Waals surface area contributed by atoms with Crippen molar-refractivity contribution < 1.29 is 15.0 Å². The van der Waals surface area contributed by atoms with Crippen LogP contribution >= 0.6 is 11.8 Å². The van der Waals surface area contributed by atoms with Gasteiger partial charge < -0.3 is 15.5 Å². The van der Waals surface area contributed by atoms with Gasteiger partial charge in [-0.1, -0.05) is 11.5 Å². The highest BCUT2D eigenvalue weighted by atomic mass is 32.2. The molecular formula is C14H21N5O3S. The van der Waals surface area contributed by atoms with Crippen LogP contribution in [0, 0.1) is 0 Å². The molecule has 1 aromatic heterocycles. The Morgan fingerprint density at radius 2 is 2.22 bits per heavy atom. The molecule has 0 fully saturated rings. The molecule has 8 nitrogen and oxygen atoms in total. The molecular weight excluding hydrogens is 318 g/mol. The van der Waals surface area contributed by atoms with Gasteiger partial charge in [0, 0.05) is 46.6 Å². The second kappa shape index (κ2) is 8.59. The fraction of sp³-hybridized carbons (Fsp3) is 0.643. The molecule has 1 aromatic rings. The maximum absolute atomic E-state index is 11.6. The van der Waals surface area contributed by atoms with Gasteiger partial charge >= 0.3 is 0 Å². The van der Waals surface area contributed by atoms with E-state index in [0.717, 1.165) is 30.4 Å². The lowest BCUT2D eigenvalue weighted by Gasteiger charge is -2.10. The van der Waals surface area contributed by atoms with Gasteiger partial charge in [0.1, 0.15) is 0 Å². The largest absolute Gasteiger partial charge is 0.494 e. The SMILES string of the molecule is [N-]=[N+]=NCCCNC(=O)CCCCC1SCc2c(O)[nH]c(O)c21. The van der Waals surface area contributed by atoms with Gasteiger partial charge in [0.15, 0.2) is 11.8 Å². The van der Waals surface area contributed by atoms with Crippen molar-refractivity contribution in [2.24, 2.45) is 5.11 Å². The molecule has 4 N–H and O–H groups in total. The second-order valence-electron chi connectivity index (χ2n) is 5.42. The Kier molecular flexibility index (Phi) is 6.49. The van der Waals surface area contributed by atoms with E-state index in [9.17, 15) is 15.0 Å². The number of unbranched alkanes of at least 4 members (excludes halogenated alkanes) is 1. The minimum atomic E-state index is 0.00726. The van der Waals surface area contributed by atoms with Crippen molar-refractivity contribution in [3.63, 3.8) is 0 Å². The van der Waals surface area contributed by atoms with Crippen LogP contribution in [0.2, 0.25) is 0 Å². The van der Waals surface area contributed by atoms with E-state index in [1.54, 1.807) is 11.8 Å². The van der Waals surface area contributed by atoms with Crippen LogP contribution in [0.3, 0.4) is 0 Å². The van der Waals surface area contributed by atoms with E-state index >= 15 is 0 Å². The quantitative estimate of drug-likeness (QED) is 0.238. The summed E-state index contributed by atoms with van der Waals surface area (Å²) < 4.78 is 0. The lowest BCUT2D eigenvalue weighted by atomic mass is 10.0. The first-order chi connectivity index (χ1) is 11.1. The Labute approximate surface area is 138 Å². The predicted octanol–water partition coefficient (Wildman–Crippen LogP) is 3.09. The Bertz CT molecular complexity index is 597. The molecule has 23 heavy (non-hydrogen) atoms. The van der Waals surface area contributed by atoms with Crippen LogP contribution in [0.25, 0.3) is 10.4 Å². The average molecular weight is 339 g/mol. The Morgan fingerprint density at radius 3 is 3.00 bits per heavy atom. The molecule has 0 spiro atoms. The number of nitrogens with zero attached hydrogens (tertiary/aromatic N) is 3. The predicted molar refractivity (Wildman–Crippen MR) is 88.3 cm³/mol. The second-order valence-corrected chi connectivity index (χ2v) is 6.61. The minimum absolute atomic E-state index is 0.00726. The highest BCUT2D eigenvalue weighted by molar-refractivity contribution is 7.99. The molecule has 2 heterocycles. The van der Waals surface area contributed by atoms with Crippen LogP contribution in [0.15, 0.2) is 5.11 Å². The van der Waals surface area contributed by atoms with Gasteiger partial charge in [-0.15, -0.1) is 11.8 Å². The molecule has 1 atom stereocenters. The van der Waals surface area contributed by atoms with Crippen molar-refractivity contribution >= 4 is 17.7 Å². The number of carbonyl (C=O) groups is 1. The van der Waals surface area contributed by atoms with Crippen LogP contribution in [-0.2, 0) is 10.5 Å². The number of fused-ring (bicyclic) bond motifs is 1. The van der Waals surface area contributed by atoms with Crippen molar-refractivity contribution in [1.82, 2.24) is 10.3 Å². The van der Waals surface area contributed by atoms with Crippen molar-refractivity contribution in [3.05, 3.63) is 21.6 Å². The fourth-order valence-corrected chi connectivity index (χ4v) is 4.05. The van der Waals surface area contributed by atoms with E-state index in [4.69, 9.17) is 5.53 Å². The summed E-state index contributed by atoms with van der Waals surface area (Å²) in [6.45, 7) is 0.918. The number of thioether (sulfide) groups is 1. The van der Waals surface area contributed by atoms with E-state index in [-0.39, 0.29) is 22.9 Å². The number of aromatic hydroxyl groups is 2. The van der Waals surface area contributed by atoms with Crippen molar-refractivity contribution in [2.45, 2.75) is 43.1 Å². The van der Waals surface area contributed by atoms with Gasteiger partial charge in [-0.2, -0.15) is 0 Å². The van der Waals surface area contributed by atoms with Crippen molar-refractivity contribution in [1.29, 1.82) is 0 Å². The summed E-state index contributed by atoms with van der Waals surface area (Å²) >= 11 is 1.71. The summed E-state index contributed by atoms with van der Waals surface area (Å²) in [6, 6.07) is 0. The molecule has 126 valence electrons. The third kappa shape index (κ3) is 4.74. The Balaban J connectivity index is 1.61. The zero-order valence-corrected chi connectivity index (χ0v) is 13.6. The zero-order valence-electron chi connectivity index (χ0n) is 12.8. The molecule has 0 bridgehead atoms. The van der Waals surface area contributed by atoms with Gasteiger partial charge in [0.25, 0.3) is 0 Å². The van der Waals surface area contributed by atoms with E-state index in [1.807, 2.05) is 0 Å². The average Bonchev–Trinajstić information content (AvgIpc) is 3.06. The van der Waals surface area contributed by atoms with Crippen molar-refractivity contribution in [2.75, 3.05) is 13.1 Å². The van der Waals surface area contributed by atoms with Gasteiger partial charge in [-0.25, -0.2) is 0 Å². The van der Waals surface area contributed by atoms with Gasteiger partial charge in [0.2, 0.25) is 5.91 Å². The topological polar surface area (TPSA) is 134 Å². The summed E-state index contributed by atoms with van der Waals surface area (Å²) in [5, 5.41) is 25.8. The standard InChI is InChI=1S/C14H21N5O3S/c15-19-17-7-3-6-16-11(20)5-2-1-4-10-12-9(8-23-10)13(21)18-14(12)22/h10,18,21-22H,1-8H2,(H,16,20). The molecule has 1 amide bonds. The first kappa shape index (κ1) is 17.4. The number of hydrogen-bond acceptors (Lipinski definition) is 5. The normalized spacial score (nSPS) is 15.9. The highest BCUT2D eigenvalue weighted by Crippen LogP contribution is 2.51. The number of nitrogens with one attached hydrogen (secondary N) is 2. The Hall–Kier alpha value is -1.99. The summed E-state index contributed by atoms with van der Waals surface area (Å²) in [4.78, 5) is 16.8. The zero-order chi connectivity index (χ0) is 16.7. The molecule has 9 heteroatoms. The Morgan fingerprint density at radius 1 is 1.39 bits per heavy atom. The molecule has 2 rings (SSSR count). The molecule has 1 unspecified atom stereocenters. The molecule has 0 saturated heterocycles. The number of H-pyrrole nitrogens is 1. The van der Waals surface area contributed by atoms with Gasteiger partial charge in [0.05, 0.1) is 0 Å². The van der Waals surface area contributed by atoms with Crippen LogP contribution in [0.5, 0.6) is 11.8 Å². The number of amides is 1. The summed E-state index contributed by atoms with van der Waals surface area (Å²) in [5.41, 5.74) is 9.74. The maximum Gasteiger partial charge on any atom is 0.219 e. The third-order valence-corrected chi connectivity index (χ3v) is 5.12. The van der Waals surface area contributed by atoms with E-state index in [0.29, 0.717) is 31.7 Å². The van der Waals surface area contributed by atoms with Gasteiger partial charge in [-0.3, -0.25) is 9.78 Å². The summed E-state index contributed by atoms with van der Waals surface area (Å²) in [7, 11) is 0. The van der Waals surface area contributed by atoms with E-state index in [1.165, 1.54) is 0 Å².